The van der Waals surface area contributed by atoms with Gasteiger partial charge < -0.3 is 24.8 Å². The van der Waals surface area contributed by atoms with Gasteiger partial charge in [-0.15, -0.1) is 0 Å². The molecule has 2 aromatic carbocycles. The number of aromatic nitrogens is 1. The zero-order valence-electron chi connectivity index (χ0n) is 17.9. The number of carbonyl (C=O) groups excluding carboxylic acids is 2. The highest BCUT2D eigenvalue weighted by Crippen LogP contribution is 2.31. The fraction of sp³-hybridized carbons (Fsp3) is 0.200. The first kappa shape index (κ1) is 21.2. The number of amides is 2. The molecule has 0 aliphatic carbocycles. The molecule has 0 saturated heterocycles. The minimum Gasteiger partial charge on any atom is -0.497 e. The highest BCUT2D eigenvalue weighted by Gasteiger charge is 2.22. The Morgan fingerprint density at radius 2 is 1.88 bits per heavy atom. The first-order valence-electron chi connectivity index (χ1n) is 10.4. The Morgan fingerprint density at radius 1 is 1.09 bits per heavy atom. The number of methoxy groups -OCH3 is 1. The molecule has 0 bridgehead atoms. The molecule has 164 valence electrons. The van der Waals surface area contributed by atoms with Gasteiger partial charge in [0.25, 0.3) is 5.91 Å². The predicted molar refractivity (Wildman–Crippen MR) is 122 cm³/mol. The van der Waals surface area contributed by atoms with Crippen LogP contribution in [0.2, 0.25) is 0 Å². The average Bonchev–Trinajstić information content (AvgIpc) is 3.50. The lowest BCUT2D eigenvalue weighted by atomic mass is 9.90. The van der Waals surface area contributed by atoms with Gasteiger partial charge >= 0.3 is 0 Å². The highest BCUT2D eigenvalue weighted by molar-refractivity contribution is 5.97. The number of para-hydroxylation sites is 1. The van der Waals surface area contributed by atoms with E-state index in [1.165, 1.54) is 12.5 Å². The van der Waals surface area contributed by atoms with E-state index in [1.54, 1.807) is 20.1 Å². The van der Waals surface area contributed by atoms with E-state index < -0.39 is 6.04 Å². The van der Waals surface area contributed by atoms with Crippen molar-refractivity contribution < 1.29 is 18.7 Å². The number of rotatable bonds is 8. The summed E-state index contributed by atoms with van der Waals surface area (Å²) in [5.74, 6) is 0.0637. The van der Waals surface area contributed by atoms with Crippen LogP contribution in [-0.4, -0.2) is 36.5 Å². The van der Waals surface area contributed by atoms with Crippen LogP contribution in [0.15, 0.2) is 77.7 Å². The summed E-state index contributed by atoms with van der Waals surface area (Å²) in [6.45, 7) is 2.03. The molecule has 0 saturated carbocycles. The lowest BCUT2D eigenvalue weighted by Gasteiger charge is -2.20. The van der Waals surface area contributed by atoms with E-state index >= 15 is 0 Å². The van der Waals surface area contributed by atoms with E-state index in [4.69, 9.17) is 9.15 Å². The van der Waals surface area contributed by atoms with Crippen molar-refractivity contribution in [2.24, 2.45) is 0 Å². The van der Waals surface area contributed by atoms with Crippen molar-refractivity contribution in [3.8, 4) is 5.75 Å². The van der Waals surface area contributed by atoms with Crippen molar-refractivity contribution in [1.82, 2.24) is 15.6 Å². The standard InChI is InChI=1S/C25H25N3O4/c1-16(28-25(30)18-11-12-32-15-18)24(29)27-13-21(17-7-9-19(31-2)10-8-17)22-14-26-23-6-4-3-5-20(22)23/h3-12,14-16,21,26H,13H2,1-2H3,(H,27,29)(H,28,30). The van der Waals surface area contributed by atoms with Gasteiger partial charge in [-0.05, 0) is 42.3 Å². The molecular weight excluding hydrogens is 406 g/mol. The van der Waals surface area contributed by atoms with Crippen LogP contribution in [0, 0.1) is 0 Å². The summed E-state index contributed by atoms with van der Waals surface area (Å²) >= 11 is 0. The second kappa shape index (κ2) is 9.43. The lowest BCUT2D eigenvalue weighted by Crippen LogP contribution is -2.45. The second-order valence-electron chi connectivity index (χ2n) is 7.57. The molecule has 2 amide bonds. The largest absolute Gasteiger partial charge is 0.497 e. The van der Waals surface area contributed by atoms with Gasteiger partial charge in [0, 0.05) is 29.6 Å². The van der Waals surface area contributed by atoms with E-state index in [0.29, 0.717) is 12.1 Å². The Hall–Kier alpha value is -4.00. The molecule has 4 aromatic rings. The normalized spacial score (nSPS) is 12.8. The van der Waals surface area contributed by atoms with Gasteiger partial charge in [-0.2, -0.15) is 0 Å². The van der Waals surface area contributed by atoms with Gasteiger partial charge in [-0.3, -0.25) is 9.59 Å². The molecule has 2 heterocycles. The number of hydrogen-bond donors (Lipinski definition) is 3. The topological polar surface area (TPSA) is 96.4 Å². The summed E-state index contributed by atoms with van der Waals surface area (Å²) in [4.78, 5) is 28.3. The summed E-state index contributed by atoms with van der Waals surface area (Å²) < 4.78 is 10.2. The number of furan rings is 1. The van der Waals surface area contributed by atoms with E-state index in [9.17, 15) is 9.59 Å². The second-order valence-corrected chi connectivity index (χ2v) is 7.57. The SMILES string of the molecule is COc1ccc(C(CNC(=O)C(C)NC(=O)c2ccoc2)c2c[nH]c3ccccc23)cc1. The van der Waals surface area contributed by atoms with Gasteiger partial charge in [0.05, 0.1) is 18.9 Å². The van der Waals surface area contributed by atoms with E-state index in [0.717, 1.165) is 27.8 Å². The van der Waals surface area contributed by atoms with Crippen molar-refractivity contribution in [2.75, 3.05) is 13.7 Å². The molecule has 7 nitrogen and oxygen atoms in total. The minimum atomic E-state index is -0.697. The fourth-order valence-electron chi connectivity index (χ4n) is 3.72. The molecule has 7 heteroatoms. The summed E-state index contributed by atoms with van der Waals surface area (Å²) in [6.07, 6.45) is 4.74. The van der Waals surface area contributed by atoms with Crippen LogP contribution in [0.1, 0.15) is 34.3 Å². The van der Waals surface area contributed by atoms with Crippen LogP contribution < -0.4 is 15.4 Å². The number of H-pyrrole nitrogens is 1. The van der Waals surface area contributed by atoms with Crippen molar-refractivity contribution >= 4 is 22.7 Å². The molecule has 0 aliphatic rings. The molecule has 4 rings (SSSR count). The third kappa shape index (κ3) is 4.51. The van der Waals surface area contributed by atoms with Crippen LogP contribution in [0.3, 0.4) is 0 Å². The monoisotopic (exact) mass is 431 g/mol. The maximum Gasteiger partial charge on any atom is 0.255 e. The Morgan fingerprint density at radius 3 is 2.59 bits per heavy atom. The summed E-state index contributed by atoms with van der Waals surface area (Å²) in [6, 6.07) is 16.7. The first-order chi connectivity index (χ1) is 15.6. The Balaban J connectivity index is 1.52. The van der Waals surface area contributed by atoms with Gasteiger partial charge in [0.2, 0.25) is 5.91 Å². The third-order valence-electron chi connectivity index (χ3n) is 5.52. The molecule has 2 atom stereocenters. The Bertz CT molecular complexity index is 1200. The number of nitrogens with one attached hydrogen (secondary N) is 3. The summed E-state index contributed by atoms with van der Waals surface area (Å²) in [7, 11) is 1.63. The highest BCUT2D eigenvalue weighted by atomic mass is 16.5. The quantitative estimate of drug-likeness (QED) is 0.395. The van der Waals surface area contributed by atoms with Crippen LogP contribution >= 0.6 is 0 Å². The van der Waals surface area contributed by atoms with Crippen LogP contribution in [0.4, 0.5) is 0 Å². The zero-order valence-corrected chi connectivity index (χ0v) is 17.9. The number of carbonyl (C=O) groups is 2. The fourth-order valence-corrected chi connectivity index (χ4v) is 3.72. The van der Waals surface area contributed by atoms with Crippen molar-refractivity contribution in [3.63, 3.8) is 0 Å². The van der Waals surface area contributed by atoms with Crippen molar-refractivity contribution in [2.45, 2.75) is 18.9 Å². The Labute approximate surface area is 185 Å². The molecule has 0 radical (unpaired) electrons. The molecule has 2 aromatic heterocycles. The van der Waals surface area contributed by atoms with Gasteiger partial charge in [0.1, 0.15) is 18.1 Å². The van der Waals surface area contributed by atoms with Crippen LogP contribution in [0.5, 0.6) is 5.75 Å². The number of fused-ring (bicyclic) bond motifs is 1. The molecule has 3 N–H and O–H groups in total. The number of aromatic amines is 1. The minimum absolute atomic E-state index is 0.0854. The van der Waals surface area contributed by atoms with Crippen LogP contribution in [-0.2, 0) is 4.79 Å². The zero-order chi connectivity index (χ0) is 22.5. The predicted octanol–water partition coefficient (Wildman–Crippen LogP) is 3.84. The van der Waals surface area contributed by atoms with E-state index in [-0.39, 0.29) is 17.7 Å². The molecule has 0 spiro atoms. The maximum absolute atomic E-state index is 12.7. The first-order valence-corrected chi connectivity index (χ1v) is 10.4. The molecule has 0 aliphatic heterocycles. The van der Waals surface area contributed by atoms with E-state index in [2.05, 4.69) is 21.7 Å². The summed E-state index contributed by atoms with van der Waals surface area (Å²) in [5.41, 5.74) is 3.54. The molecule has 32 heavy (non-hydrogen) atoms. The Kier molecular flexibility index (Phi) is 6.26. The molecule has 2 unspecified atom stereocenters. The van der Waals surface area contributed by atoms with Gasteiger partial charge in [-0.25, -0.2) is 0 Å². The van der Waals surface area contributed by atoms with Crippen molar-refractivity contribution in [3.05, 3.63) is 90.0 Å². The van der Waals surface area contributed by atoms with Crippen LogP contribution in [0.25, 0.3) is 10.9 Å². The number of benzene rings is 2. The molecule has 0 fully saturated rings. The lowest BCUT2D eigenvalue weighted by molar-refractivity contribution is -0.122. The average molecular weight is 431 g/mol. The number of hydrogen-bond acceptors (Lipinski definition) is 4. The third-order valence-corrected chi connectivity index (χ3v) is 5.52. The van der Waals surface area contributed by atoms with Gasteiger partial charge in [0.15, 0.2) is 0 Å². The van der Waals surface area contributed by atoms with Gasteiger partial charge in [-0.1, -0.05) is 30.3 Å². The number of ether oxygens (including phenoxy) is 1. The summed E-state index contributed by atoms with van der Waals surface area (Å²) in [5, 5.41) is 6.78. The van der Waals surface area contributed by atoms with Crippen molar-refractivity contribution in [1.29, 1.82) is 0 Å². The maximum atomic E-state index is 12.7. The smallest absolute Gasteiger partial charge is 0.255 e. The molecular formula is C25H25N3O4. The van der Waals surface area contributed by atoms with E-state index in [1.807, 2.05) is 48.7 Å².